The number of carbonyl (C=O) groups excluding carboxylic acids is 1. The summed E-state index contributed by atoms with van der Waals surface area (Å²) in [5, 5.41) is 0. The zero-order valence-electron chi connectivity index (χ0n) is 11.8. The van der Waals surface area contributed by atoms with Crippen molar-refractivity contribution in [2.45, 2.75) is 45.7 Å². The summed E-state index contributed by atoms with van der Waals surface area (Å²) in [6, 6.07) is 7.50. The highest BCUT2D eigenvalue weighted by atomic mass is 16.2. The average molecular weight is 248 g/mol. The first kappa shape index (κ1) is 14.7. The summed E-state index contributed by atoms with van der Waals surface area (Å²) < 4.78 is 0. The van der Waals surface area contributed by atoms with E-state index in [2.05, 4.69) is 13.8 Å². The second-order valence-electron chi connectivity index (χ2n) is 4.98. The Balaban J connectivity index is 2.74. The van der Waals surface area contributed by atoms with Gasteiger partial charge in [-0.3, -0.25) is 4.79 Å². The molecule has 0 aromatic heterocycles. The molecule has 2 atom stereocenters. The van der Waals surface area contributed by atoms with Gasteiger partial charge in [0.05, 0.1) is 0 Å². The fourth-order valence-corrected chi connectivity index (χ4v) is 1.96. The molecule has 100 valence electrons. The van der Waals surface area contributed by atoms with Crippen molar-refractivity contribution in [1.29, 1.82) is 0 Å². The third-order valence-corrected chi connectivity index (χ3v) is 3.42. The molecule has 0 saturated heterocycles. The summed E-state index contributed by atoms with van der Waals surface area (Å²) in [5.74, 6) is -0.0141. The molecule has 1 aromatic carbocycles. The Morgan fingerprint density at radius 2 is 1.89 bits per heavy atom. The van der Waals surface area contributed by atoms with Crippen LogP contribution in [0.25, 0.3) is 0 Å². The highest BCUT2D eigenvalue weighted by molar-refractivity contribution is 5.83. The molecule has 0 saturated carbocycles. The fourth-order valence-electron chi connectivity index (χ4n) is 1.96. The van der Waals surface area contributed by atoms with E-state index in [0.717, 1.165) is 18.4 Å². The van der Waals surface area contributed by atoms with E-state index in [1.54, 1.807) is 4.90 Å². The summed E-state index contributed by atoms with van der Waals surface area (Å²) >= 11 is 0. The van der Waals surface area contributed by atoms with E-state index in [1.807, 2.05) is 38.2 Å². The van der Waals surface area contributed by atoms with Crippen molar-refractivity contribution in [1.82, 2.24) is 4.90 Å². The molecule has 0 bridgehead atoms. The lowest BCUT2D eigenvalue weighted by Gasteiger charge is -2.27. The van der Waals surface area contributed by atoms with E-state index in [0.29, 0.717) is 0 Å². The molecule has 0 heterocycles. The molecule has 0 spiro atoms. The molecule has 1 rings (SSSR count). The SMILES string of the molecule is CCCC(C)N(C)C(=O)C(N)c1ccc(C)cc1. The van der Waals surface area contributed by atoms with Crippen LogP contribution < -0.4 is 5.73 Å². The number of hydrogen-bond donors (Lipinski definition) is 1. The van der Waals surface area contributed by atoms with Gasteiger partial charge in [-0.25, -0.2) is 0 Å². The van der Waals surface area contributed by atoms with Gasteiger partial charge in [0.1, 0.15) is 6.04 Å². The van der Waals surface area contributed by atoms with Crippen LogP contribution in [-0.2, 0) is 4.79 Å². The number of aryl methyl sites for hydroxylation is 1. The number of nitrogens with two attached hydrogens (primary N) is 1. The van der Waals surface area contributed by atoms with Gasteiger partial charge in [-0.1, -0.05) is 43.2 Å². The largest absolute Gasteiger partial charge is 0.341 e. The van der Waals surface area contributed by atoms with Gasteiger partial charge >= 0.3 is 0 Å². The zero-order chi connectivity index (χ0) is 13.7. The lowest BCUT2D eigenvalue weighted by molar-refractivity contribution is -0.133. The molecular formula is C15H24N2O. The van der Waals surface area contributed by atoms with E-state index in [1.165, 1.54) is 5.56 Å². The molecular weight excluding hydrogens is 224 g/mol. The highest BCUT2D eigenvalue weighted by Gasteiger charge is 2.22. The Bertz CT molecular complexity index is 386. The van der Waals surface area contributed by atoms with Gasteiger partial charge in [-0.15, -0.1) is 0 Å². The van der Waals surface area contributed by atoms with Gasteiger partial charge in [0.15, 0.2) is 0 Å². The Kier molecular flexibility index (Phi) is 5.35. The summed E-state index contributed by atoms with van der Waals surface area (Å²) in [6.07, 6.45) is 2.07. The first-order chi connectivity index (χ1) is 8.47. The Hall–Kier alpha value is -1.35. The molecule has 18 heavy (non-hydrogen) atoms. The smallest absolute Gasteiger partial charge is 0.244 e. The van der Waals surface area contributed by atoms with E-state index in [9.17, 15) is 4.79 Å². The number of likely N-dealkylation sites (N-methyl/N-ethyl adjacent to an activating group) is 1. The topological polar surface area (TPSA) is 46.3 Å². The van der Waals surface area contributed by atoms with Crippen LogP contribution in [0.4, 0.5) is 0 Å². The van der Waals surface area contributed by atoms with Crippen LogP contribution in [0.2, 0.25) is 0 Å². The maximum absolute atomic E-state index is 12.2. The van der Waals surface area contributed by atoms with Gasteiger partial charge in [-0.2, -0.15) is 0 Å². The van der Waals surface area contributed by atoms with Crippen LogP contribution in [0.1, 0.15) is 43.9 Å². The van der Waals surface area contributed by atoms with Gasteiger partial charge < -0.3 is 10.6 Å². The van der Waals surface area contributed by atoms with Crippen molar-refractivity contribution in [3.8, 4) is 0 Å². The van der Waals surface area contributed by atoms with Gasteiger partial charge in [0, 0.05) is 13.1 Å². The van der Waals surface area contributed by atoms with Crippen LogP contribution in [-0.4, -0.2) is 23.9 Å². The third kappa shape index (κ3) is 3.57. The van der Waals surface area contributed by atoms with Gasteiger partial charge in [0.25, 0.3) is 0 Å². The molecule has 2 N–H and O–H groups in total. The van der Waals surface area contributed by atoms with Gasteiger partial charge in [-0.05, 0) is 25.8 Å². The second kappa shape index (κ2) is 6.55. The van der Waals surface area contributed by atoms with Crippen molar-refractivity contribution in [2.75, 3.05) is 7.05 Å². The molecule has 3 nitrogen and oxygen atoms in total. The molecule has 1 aromatic rings. The standard InChI is InChI=1S/C15H24N2O/c1-5-6-12(3)17(4)15(18)14(16)13-9-7-11(2)8-10-13/h7-10,12,14H,5-6,16H2,1-4H3. The molecule has 0 aliphatic heterocycles. The van der Waals surface area contributed by atoms with Crippen LogP contribution in [0.3, 0.4) is 0 Å². The average Bonchev–Trinajstić information content (AvgIpc) is 2.37. The van der Waals surface area contributed by atoms with Crippen molar-refractivity contribution in [3.05, 3.63) is 35.4 Å². The number of benzene rings is 1. The first-order valence-corrected chi connectivity index (χ1v) is 6.56. The fraction of sp³-hybridized carbons (Fsp3) is 0.533. The van der Waals surface area contributed by atoms with Crippen LogP contribution in [0, 0.1) is 6.92 Å². The number of rotatable bonds is 5. The summed E-state index contributed by atoms with van der Waals surface area (Å²) in [7, 11) is 1.83. The van der Waals surface area contributed by atoms with Crippen molar-refractivity contribution in [3.63, 3.8) is 0 Å². The maximum Gasteiger partial charge on any atom is 0.244 e. The number of nitrogens with zero attached hydrogens (tertiary/aromatic N) is 1. The summed E-state index contributed by atoms with van der Waals surface area (Å²) in [4.78, 5) is 14.0. The quantitative estimate of drug-likeness (QED) is 0.870. The molecule has 0 fully saturated rings. The normalized spacial score (nSPS) is 14.1. The minimum absolute atomic E-state index is 0.0141. The van der Waals surface area contributed by atoms with E-state index < -0.39 is 6.04 Å². The highest BCUT2D eigenvalue weighted by Crippen LogP contribution is 2.16. The van der Waals surface area contributed by atoms with Crippen molar-refractivity contribution in [2.24, 2.45) is 5.73 Å². The maximum atomic E-state index is 12.2. The minimum atomic E-state index is -0.560. The predicted molar refractivity (Wildman–Crippen MR) is 75.2 cm³/mol. The Labute approximate surface area is 110 Å². The summed E-state index contributed by atoms with van der Waals surface area (Å²) in [5.41, 5.74) is 8.08. The molecule has 2 unspecified atom stereocenters. The molecule has 1 amide bonds. The van der Waals surface area contributed by atoms with E-state index in [4.69, 9.17) is 5.73 Å². The number of hydrogen-bond acceptors (Lipinski definition) is 2. The van der Waals surface area contributed by atoms with E-state index in [-0.39, 0.29) is 11.9 Å². The Morgan fingerprint density at radius 1 is 1.33 bits per heavy atom. The van der Waals surface area contributed by atoms with Crippen LogP contribution in [0.15, 0.2) is 24.3 Å². The predicted octanol–water partition coefficient (Wildman–Crippen LogP) is 2.64. The second-order valence-corrected chi connectivity index (χ2v) is 4.98. The monoisotopic (exact) mass is 248 g/mol. The Morgan fingerprint density at radius 3 is 2.39 bits per heavy atom. The van der Waals surface area contributed by atoms with Crippen molar-refractivity contribution < 1.29 is 4.79 Å². The van der Waals surface area contributed by atoms with Crippen LogP contribution in [0.5, 0.6) is 0 Å². The summed E-state index contributed by atoms with van der Waals surface area (Å²) in [6.45, 7) is 6.20. The number of carbonyl (C=O) groups is 1. The zero-order valence-corrected chi connectivity index (χ0v) is 11.8. The molecule has 0 aliphatic carbocycles. The molecule has 0 radical (unpaired) electrons. The molecule has 0 aliphatic rings. The number of amides is 1. The lowest BCUT2D eigenvalue weighted by atomic mass is 10.0. The minimum Gasteiger partial charge on any atom is -0.341 e. The van der Waals surface area contributed by atoms with Gasteiger partial charge in [0.2, 0.25) is 5.91 Å². The third-order valence-electron chi connectivity index (χ3n) is 3.42. The molecule has 3 heteroatoms. The lowest BCUT2D eigenvalue weighted by Crippen LogP contribution is -2.41. The van der Waals surface area contributed by atoms with Crippen LogP contribution >= 0.6 is 0 Å². The first-order valence-electron chi connectivity index (χ1n) is 6.56. The van der Waals surface area contributed by atoms with Crippen molar-refractivity contribution >= 4 is 5.91 Å². The van der Waals surface area contributed by atoms with E-state index >= 15 is 0 Å².